The van der Waals surface area contributed by atoms with Crippen LogP contribution in [0.5, 0.6) is 0 Å². The lowest BCUT2D eigenvalue weighted by molar-refractivity contribution is 0.153. The smallest absolute Gasteiger partial charge is 0.0254 e. The normalized spacial score (nSPS) is 31.8. The van der Waals surface area contributed by atoms with Gasteiger partial charge in [-0.1, -0.05) is 20.3 Å². The Morgan fingerprint density at radius 3 is 2.53 bits per heavy atom. The minimum atomic E-state index is 0.000764. The zero-order valence-electron chi connectivity index (χ0n) is 10.9. The monoisotopic (exact) mass is 212 g/mol. The van der Waals surface area contributed by atoms with Crippen LogP contribution in [0.15, 0.2) is 0 Å². The van der Waals surface area contributed by atoms with Crippen LogP contribution in [0.3, 0.4) is 0 Å². The molecule has 3 atom stereocenters. The van der Waals surface area contributed by atoms with Gasteiger partial charge in [0, 0.05) is 24.2 Å². The van der Waals surface area contributed by atoms with Gasteiger partial charge in [-0.05, 0) is 39.5 Å². The van der Waals surface area contributed by atoms with Crippen LogP contribution in [0.4, 0.5) is 0 Å². The summed E-state index contributed by atoms with van der Waals surface area (Å²) < 4.78 is 0. The highest BCUT2D eigenvalue weighted by atomic mass is 15.2. The van der Waals surface area contributed by atoms with Crippen molar-refractivity contribution in [1.82, 2.24) is 4.90 Å². The maximum absolute atomic E-state index is 6.34. The molecule has 0 radical (unpaired) electrons. The number of likely N-dealkylation sites (tertiary alicyclic amines) is 1. The second-order valence-electron chi connectivity index (χ2n) is 5.56. The molecule has 1 aliphatic rings. The second kappa shape index (κ2) is 5.31. The summed E-state index contributed by atoms with van der Waals surface area (Å²) in [5.41, 5.74) is 6.35. The maximum Gasteiger partial charge on any atom is 0.0254 e. The first-order chi connectivity index (χ1) is 7.00. The van der Waals surface area contributed by atoms with Crippen LogP contribution in [0.25, 0.3) is 0 Å². The van der Waals surface area contributed by atoms with E-state index < -0.39 is 0 Å². The third kappa shape index (κ3) is 3.46. The summed E-state index contributed by atoms with van der Waals surface area (Å²) in [5, 5.41) is 0. The lowest BCUT2D eigenvalue weighted by Gasteiger charge is -2.36. The van der Waals surface area contributed by atoms with Crippen LogP contribution in [0, 0.1) is 0 Å². The minimum Gasteiger partial charge on any atom is -0.324 e. The summed E-state index contributed by atoms with van der Waals surface area (Å²) in [6.07, 6.45) is 6.30. The zero-order valence-corrected chi connectivity index (χ0v) is 10.9. The van der Waals surface area contributed by atoms with Crippen molar-refractivity contribution in [2.45, 2.75) is 77.4 Å². The van der Waals surface area contributed by atoms with Gasteiger partial charge in [-0.15, -0.1) is 0 Å². The van der Waals surface area contributed by atoms with E-state index >= 15 is 0 Å². The number of nitrogens with two attached hydrogens (primary N) is 1. The lowest BCUT2D eigenvalue weighted by atomic mass is 9.96. The van der Waals surface area contributed by atoms with Gasteiger partial charge in [0.15, 0.2) is 0 Å². The van der Waals surface area contributed by atoms with E-state index in [0.29, 0.717) is 0 Å². The van der Waals surface area contributed by atoms with Crippen molar-refractivity contribution in [3.63, 3.8) is 0 Å². The highest BCUT2D eigenvalue weighted by Crippen LogP contribution is 2.28. The number of nitrogens with zero attached hydrogens (tertiary/aromatic N) is 1. The molecule has 0 bridgehead atoms. The van der Waals surface area contributed by atoms with Crippen LogP contribution in [-0.2, 0) is 0 Å². The molecule has 0 aliphatic carbocycles. The van der Waals surface area contributed by atoms with E-state index in [9.17, 15) is 0 Å². The molecule has 3 unspecified atom stereocenters. The summed E-state index contributed by atoms with van der Waals surface area (Å²) in [5.74, 6) is 0. The van der Waals surface area contributed by atoms with Crippen molar-refractivity contribution >= 4 is 0 Å². The molecule has 0 amide bonds. The highest BCUT2D eigenvalue weighted by Gasteiger charge is 2.33. The predicted molar refractivity (Wildman–Crippen MR) is 67.0 cm³/mol. The zero-order chi connectivity index (χ0) is 11.5. The molecule has 2 nitrogen and oxygen atoms in total. The summed E-state index contributed by atoms with van der Waals surface area (Å²) in [6, 6.07) is 1.51. The average Bonchev–Trinajstić information content (AvgIpc) is 2.47. The molecule has 1 rings (SSSR count). The summed E-state index contributed by atoms with van der Waals surface area (Å²) >= 11 is 0. The molecule has 0 aromatic heterocycles. The minimum absolute atomic E-state index is 0.000764. The van der Waals surface area contributed by atoms with Crippen molar-refractivity contribution in [1.29, 1.82) is 0 Å². The molecular formula is C13H28N2. The van der Waals surface area contributed by atoms with Crippen molar-refractivity contribution in [3.8, 4) is 0 Å². The number of rotatable bonds is 5. The predicted octanol–water partition coefficient (Wildman–Crippen LogP) is 2.77. The quantitative estimate of drug-likeness (QED) is 0.759. The molecule has 1 saturated heterocycles. The summed E-state index contributed by atoms with van der Waals surface area (Å²) in [4.78, 5) is 2.63. The Labute approximate surface area is 95.2 Å². The van der Waals surface area contributed by atoms with Crippen molar-refractivity contribution in [3.05, 3.63) is 0 Å². The van der Waals surface area contributed by atoms with Crippen LogP contribution in [0.1, 0.15) is 59.8 Å². The molecule has 1 heterocycles. The van der Waals surface area contributed by atoms with Crippen LogP contribution >= 0.6 is 0 Å². The van der Waals surface area contributed by atoms with E-state index in [4.69, 9.17) is 5.73 Å². The maximum atomic E-state index is 6.34. The Bertz CT molecular complexity index is 189. The Kier molecular flexibility index (Phi) is 4.60. The fraction of sp³-hybridized carbons (Fsp3) is 1.00. The molecule has 1 aliphatic heterocycles. The third-order valence-corrected chi connectivity index (χ3v) is 3.79. The fourth-order valence-electron chi connectivity index (χ4n) is 2.92. The van der Waals surface area contributed by atoms with Gasteiger partial charge >= 0.3 is 0 Å². The van der Waals surface area contributed by atoms with Gasteiger partial charge < -0.3 is 5.73 Å². The van der Waals surface area contributed by atoms with Crippen LogP contribution in [-0.4, -0.2) is 29.1 Å². The van der Waals surface area contributed by atoms with Crippen molar-refractivity contribution < 1.29 is 0 Å². The largest absolute Gasteiger partial charge is 0.324 e. The fourth-order valence-corrected chi connectivity index (χ4v) is 2.92. The molecule has 15 heavy (non-hydrogen) atoms. The van der Waals surface area contributed by atoms with Gasteiger partial charge in [-0.3, -0.25) is 4.90 Å². The molecule has 0 saturated carbocycles. The molecule has 0 aromatic carbocycles. The molecule has 2 heteroatoms. The summed E-state index contributed by atoms with van der Waals surface area (Å²) in [6.45, 7) is 10.1. The van der Waals surface area contributed by atoms with Gasteiger partial charge in [-0.2, -0.15) is 0 Å². The number of hydrogen-bond donors (Lipinski definition) is 1. The Hall–Kier alpha value is -0.0800. The van der Waals surface area contributed by atoms with E-state index in [-0.39, 0.29) is 5.54 Å². The van der Waals surface area contributed by atoms with E-state index in [0.717, 1.165) is 25.0 Å². The number of hydrogen-bond acceptors (Lipinski definition) is 2. The van der Waals surface area contributed by atoms with Crippen LogP contribution in [0.2, 0.25) is 0 Å². The first kappa shape index (κ1) is 13.0. The third-order valence-electron chi connectivity index (χ3n) is 3.79. The lowest BCUT2D eigenvalue weighted by Crippen LogP contribution is -2.50. The second-order valence-corrected chi connectivity index (χ2v) is 5.56. The van der Waals surface area contributed by atoms with Crippen LogP contribution < -0.4 is 5.73 Å². The molecule has 1 fully saturated rings. The van der Waals surface area contributed by atoms with Gasteiger partial charge in [-0.25, -0.2) is 0 Å². The summed E-state index contributed by atoms with van der Waals surface area (Å²) in [7, 11) is 0. The molecule has 0 aromatic rings. The van der Waals surface area contributed by atoms with E-state index in [2.05, 4.69) is 32.6 Å². The molecule has 90 valence electrons. The SMILES string of the molecule is CCCC(C)(N)CN1C(C)CCC1CC. The molecule has 2 N–H and O–H groups in total. The van der Waals surface area contributed by atoms with Crippen molar-refractivity contribution in [2.75, 3.05) is 6.54 Å². The highest BCUT2D eigenvalue weighted by molar-refractivity contribution is 4.91. The van der Waals surface area contributed by atoms with Gasteiger partial charge in [0.05, 0.1) is 0 Å². The first-order valence-electron chi connectivity index (χ1n) is 6.54. The molecular weight excluding hydrogens is 184 g/mol. The Morgan fingerprint density at radius 1 is 1.33 bits per heavy atom. The van der Waals surface area contributed by atoms with E-state index in [1.165, 1.54) is 25.7 Å². The van der Waals surface area contributed by atoms with Gasteiger partial charge in [0.25, 0.3) is 0 Å². The van der Waals surface area contributed by atoms with Crippen molar-refractivity contribution in [2.24, 2.45) is 5.73 Å². The average molecular weight is 212 g/mol. The topological polar surface area (TPSA) is 29.3 Å². The van der Waals surface area contributed by atoms with E-state index in [1.54, 1.807) is 0 Å². The molecule has 0 spiro atoms. The Balaban J connectivity index is 2.54. The Morgan fingerprint density at radius 2 is 2.00 bits per heavy atom. The van der Waals surface area contributed by atoms with Gasteiger partial charge in [0.2, 0.25) is 0 Å². The van der Waals surface area contributed by atoms with Gasteiger partial charge in [0.1, 0.15) is 0 Å². The van der Waals surface area contributed by atoms with E-state index in [1.807, 2.05) is 0 Å². The standard InChI is InChI=1S/C13H28N2/c1-5-9-13(4,14)10-15-11(3)7-8-12(15)6-2/h11-12H,5-10,14H2,1-4H3. The first-order valence-corrected chi connectivity index (χ1v) is 6.54.